The number of urea groups is 1. The number of anilines is 1. The third-order valence-electron chi connectivity index (χ3n) is 2.81. The van der Waals surface area contributed by atoms with Gasteiger partial charge in [-0.2, -0.15) is 0 Å². The predicted molar refractivity (Wildman–Crippen MR) is 90.0 cm³/mol. The van der Waals surface area contributed by atoms with Crippen LogP contribution >= 0.6 is 0 Å². The molecule has 0 aliphatic rings. The number of nitrogens with two attached hydrogens (primary N) is 1. The summed E-state index contributed by atoms with van der Waals surface area (Å²) in [6.07, 6.45) is 1.73. The first-order chi connectivity index (χ1) is 11.1. The summed E-state index contributed by atoms with van der Waals surface area (Å²) in [6.45, 7) is 6.52. The highest BCUT2D eigenvalue weighted by Crippen LogP contribution is 2.22. The lowest BCUT2D eigenvalue weighted by Crippen LogP contribution is -2.40. The summed E-state index contributed by atoms with van der Waals surface area (Å²) >= 11 is 0. The first-order valence-corrected chi connectivity index (χ1v) is 8.61. The lowest BCUT2D eigenvalue weighted by atomic mass is 10.0. The number of aliphatic imine (C=N–C) groups is 1. The molecule has 2 amide bonds. The van der Waals surface area contributed by atoms with E-state index < -0.39 is 10.4 Å². The van der Waals surface area contributed by atoms with E-state index in [0.717, 1.165) is 29.7 Å². The molecule has 1 aromatic carbocycles. The zero-order valence-electron chi connectivity index (χ0n) is 13.8. The lowest BCUT2D eigenvalue weighted by molar-refractivity contribution is 0.256. The van der Waals surface area contributed by atoms with Crippen LogP contribution in [0.15, 0.2) is 23.2 Å². The van der Waals surface area contributed by atoms with Crippen molar-refractivity contribution in [3.8, 4) is 0 Å². The molecule has 1 aromatic rings. The third kappa shape index (κ3) is 9.77. The van der Waals surface area contributed by atoms with Gasteiger partial charge in [-0.3, -0.25) is 18.7 Å². The van der Waals surface area contributed by atoms with Crippen LogP contribution in [0.1, 0.15) is 31.9 Å². The average molecular weight is 358 g/mol. The van der Waals surface area contributed by atoms with E-state index in [9.17, 15) is 4.79 Å². The van der Waals surface area contributed by atoms with Gasteiger partial charge in [0.15, 0.2) is 5.96 Å². The summed E-state index contributed by atoms with van der Waals surface area (Å²) in [5.41, 5.74) is 8.65. The van der Waals surface area contributed by atoms with Crippen LogP contribution in [0.2, 0.25) is 0 Å². The molecule has 0 aliphatic heterocycles. The van der Waals surface area contributed by atoms with Crippen molar-refractivity contribution >= 4 is 28.1 Å². The van der Waals surface area contributed by atoms with Crippen LogP contribution in [0.5, 0.6) is 0 Å². The third-order valence-corrected chi connectivity index (χ3v) is 2.81. The number of rotatable bonds is 4. The summed E-state index contributed by atoms with van der Waals surface area (Å²) in [6, 6.07) is 5.68. The fourth-order valence-electron chi connectivity index (χ4n) is 1.87. The summed E-state index contributed by atoms with van der Waals surface area (Å²) in [5.74, 6) is 0.132. The number of benzene rings is 1. The molecule has 0 heterocycles. The van der Waals surface area contributed by atoms with Gasteiger partial charge >= 0.3 is 6.03 Å². The van der Waals surface area contributed by atoms with Gasteiger partial charge in [-0.25, -0.2) is 4.79 Å². The molecule has 0 saturated heterocycles. The molecule has 0 bridgehead atoms. The molecule has 4 N–H and O–H groups in total. The molecule has 10 heteroatoms. The maximum absolute atomic E-state index is 11.9. The average Bonchev–Trinajstić information content (AvgIpc) is 2.45. The van der Waals surface area contributed by atoms with Gasteiger partial charge in [-0.15, -0.1) is 0 Å². The Hall–Kier alpha value is -2.17. The van der Waals surface area contributed by atoms with Crippen LogP contribution in [0.4, 0.5) is 10.5 Å². The van der Waals surface area contributed by atoms with E-state index in [2.05, 4.69) is 29.5 Å². The number of hydrogen-bond acceptors (Lipinski definition) is 6. The Kier molecular flexibility index (Phi) is 9.62. The molecule has 0 atom stereocenters. The summed E-state index contributed by atoms with van der Waals surface area (Å²) < 4.78 is 34.1. The van der Waals surface area contributed by atoms with Crippen LogP contribution in [-0.4, -0.2) is 36.1 Å². The summed E-state index contributed by atoms with van der Waals surface area (Å²) in [7, 11) is -5.17. The van der Waals surface area contributed by atoms with Crippen LogP contribution in [0.25, 0.3) is 0 Å². The smallest absolute Gasteiger partial charge is 0.326 e. The Morgan fingerprint density at radius 2 is 1.62 bits per heavy atom. The normalized spacial score (nSPS) is 11.3. The fourth-order valence-corrected chi connectivity index (χ4v) is 1.87. The first kappa shape index (κ1) is 21.8. The molecule has 1 rings (SSSR count). The van der Waals surface area contributed by atoms with Crippen molar-refractivity contribution in [2.45, 2.75) is 33.6 Å². The van der Waals surface area contributed by atoms with Gasteiger partial charge in [0.2, 0.25) is 0 Å². The summed E-state index contributed by atoms with van der Waals surface area (Å²) in [4.78, 5) is 15.8. The highest BCUT2D eigenvalue weighted by molar-refractivity contribution is 7.79. The number of amides is 2. The van der Waals surface area contributed by atoms with Gasteiger partial charge < -0.3 is 20.2 Å². The molecule has 0 aliphatic carbocycles. The molecule has 0 fully saturated rings. The van der Waals surface area contributed by atoms with Crippen molar-refractivity contribution in [2.24, 2.45) is 10.7 Å². The number of carbonyl (C=O) groups excluding carboxylic acids is 1. The van der Waals surface area contributed by atoms with Crippen molar-refractivity contribution in [2.75, 3.05) is 11.9 Å². The molecule has 0 spiro atoms. The van der Waals surface area contributed by atoms with Crippen molar-refractivity contribution < 1.29 is 22.3 Å². The lowest BCUT2D eigenvalue weighted by Gasteiger charge is -2.14. The number of hydrogen-bond donors (Lipinski definition) is 3. The molecule has 136 valence electrons. The van der Waals surface area contributed by atoms with E-state index in [0.29, 0.717) is 6.54 Å². The number of guanidine groups is 1. The molecule has 9 nitrogen and oxygen atoms in total. The van der Waals surface area contributed by atoms with E-state index in [4.69, 9.17) is 23.3 Å². The Labute approximate surface area is 141 Å². The topological polar surface area (TPSA) is 160 Å². The van der Waals surface area contributed by atoms with Crippen molar-refractivity contribution in [1.29, 1.82) is 0 Å². The van der Waals surface area contributed by atoms with Gasteiger partial charge in [-0.05, 0) is 30.9 Å². The van der Waals surface area contributed by atoms with E-state index in [-0.39, 0.29) is 12.0 Å². The Morgan fingerprint density at radius 3 is 2.00 bits per heavy atom. The number of carbonyl (C=O) groups is 1. The van der Waals surface area contributed by atoms with Gasteiger partial charge in [0.1, 0.15) is 0 Å². The minimum absolute atomic E-state index is 0.132. The van der Waals surface area contributed by atoms with Crippen LogP contribution in [0, 0.1) is 0 Å². The molecule has 0 radical (unpaired) electrons. The second kappa shape index (κ2) is 10.6. The minimum atomic E-state index is -5.17. The maximum Gasteiger partial charge on any atom is 0.326 e. The van der Waals surface area contributed by atoms with Gasteiger partial charge in [0.05, 0.1) is 0 Å². The predicted octanol–water partition coefficient (Wildman–Crippen LogP) is 0.930. The SMILES string of the molecule is CCN=C(N)NC(=O)Nc1c(CC)cccc1CC.O=S(=O)([O-])[O-]. The highest BCUT2D eigenvalue weighted by Gasteiger charge is 2.10. The maximum atomic E-state index is 11.9. The molecular weight excluding hydrogens is 336 g/mol. The minimum Gasteiger partial charge on any atom is -0.759 e. The second-order valence-electron chi connectivity index (χ2n) is 4.51. The van der Waals surface area contributed by atoms with Crippen LogP contribution < -0.4 is 16.4 Å². The largest absolute Gasteiger partial charge is 0.759 e. The number of aryl methyl sites for hydroxylation is 2. The molecule has 0 unspecified atom stereocenters. The van der Waals surface area contributed by atoms with Crippen LogP contribution in [-0.2, 0) is 23.2 Å². The zero-order valence-corrected chi connectivity index (χ0v) is 14.6. The highest BCUT2D eigenvalue weighted by atomic mass is 32.3. The van der Waals surface area contributed by atoms with E-state index in [1.165, 1.54) is 0 Å². The van der Waals surface area contributed by atoms with Gasteiger partial charge in [0.25, 0.3) is 0 Å². The summed E-state index contributed by atoms with van der Waals surface area (Å²) in [5, 5.41) is 5.37. The fraction of sp³-hybridized carbons (Fsp3) is 0.429. The first-order valence-electron chi connectivity index (χ1n) is 7.27. The number of nitrogens with one attached hydrogen (secondary N) is 2. The van der Waals surface area contributed by atoms with Gasteiger partial charge in [-0.1, -0.05) is 32.0 Å². The quantitative estimate of drug-likeness (QED) is 0.314. The number of nitrogens with zero attached hydrogens (tertiary/aromatic N) is 1. The van der Waals surface area contributed by atoms with Crippen molar-refractivity contribution in [3.63, 3.8) is 0 Å². The molecule has 0 saturated carbocycles. The van der Waals surface area contributed by atoms with E-state index >= 15 is 0 Å². The Balaban J connectivity index is 0.000000922. The monoisotopic (exact) mass is 358 g/mol. The zero-order chi connectivity index (χ0) is 18.8. The Morgan fingerprint density at radius 1 is 1.17 bits per heavy atom. The molecule has 24 heavy (non-hydrogen) atoms. The number of para-hydroxylation sites is 1. The van der Waals surface area contributed by atoms with Crippen LogP contribution in [0.3, 0.4) is 0 Å². The van der Waals surface area contributed by atoms with Crippen molar-refractivity contribution in [3.05, 3.63) is 29.3 Å². The van der Waals surface area contributed by atoms with Crippen molar-refractivity contribution in [1.82, 2.24) is 5.32 Å². The molecule has 0 aromatic heterocycles. The van der Waals surface area contributed by atoms with E-state index in [1.807, 2.05) is 25.1 Å². The second-order valence-corrected chi connectivity index (χ2v) is 5.32. The standard InChI is InChI=1S/C14H22N4O.H2O4S/c1-4-10-8-7-9-11(5-2)12(10)17-14(19)18-13(15)16-6-3;1-5(2,3)4/h7-9H,4-6H2,1-3H3,(H4,15,16,17,18,19);(H2,1,2,3,4)/p-2. The Bertz CT molecular complexity index is 643. The van der Waals surface area contributed by atoms with E-state index in [1.54, 1.807) is 0 Å². The van der Waals surface area contributed by atoms with Gasteiger partial charge in [0, 0.05) is 22.6 Å². The molecular formula is C14H22N4O5S-2.